The van der Waals surface area contributed by atoms with Crippen molar-refractivity contribution in [1.82, 2.24) is 9.47 Å². The van der Waals surface area contributed by atoms with Gasteiger partial charge in [0.05, 0.1) is 13.2 Å². The number of halogens is 1. The number of anilines is 1. The fourth-order valence-electron chi connectivity index (χ4n) is 3.28. The molecule has 0 fully saturated rings. The lowest BCUT2D eigenvalue weighted by molar-refractivity contribution is 0.152. The molecule has 1 aromatic heterocycles. The van der Waals surface area contributed by atoms with Crippen molar-refractivity contribution in [3.63, 3.8) is 0 Å². The molecule has 3 aromatic rings. The van der Waals surface area contributed by atoms with Crippen LogP contribution in [0.5, 0.6) is 0 Å². The van der Waals surface area contributed by atoms with E-state index in [1.165, 1.54) is 5.56 Å². The summed E-state index contributed by atoms with van der Waals surface area (Å²) in [5, 5.41) is 3.76. The Morgan fingerprint density at radius 3 is 2.73 bits per heavy atom. The first-order chi connectivity index (χ1) is 14.6. The van der Waals surface area contributed by atoms with Gasteiger partial charge in [0.2, 0.25) is 0 Å². The van der Waals surface area contributed by atoms with Crippen LogP contribution in [0.15, 0.2) is 66.9 Å². The molecule has 0 aliphatic carbocycles. The van der Waals surface area contributed by atoms with Crippen LogP contribution in [0.1, 0.15) is 23.7 Å². The van der Waals surface area contributed by atoms with E-state index in [0.29, 0.717) is 26.2 Å². The van der Waals surface area contributed by atoms with Crippen LogP contribution in [0.25, 0.3) is 0 Å². The number of hydrogen-bond donors (Lipinski definition) is 1. The van der Waals surface area contributed by atoms with Gasteiger partial charge in [-0.3, -0.25) is 0 Å². The number of carbonyl (C=O) groups excluding carboxylic acids is 1. The zero-order valence-corrected chi connectivity index (χ0v) is 18.2. The summed E-state index contributed by atoms with van der Waals surface area (Å²) in [6.07, 6.45) is 2.93. The summed E-state index contributed by atoms with van der Waals surface area (Å²) in [4.78, 5) is 14.8. The molecule has 158 valence electrons. The molecule has 0 radical (unpaired) electrons. The summed E-state index contributed by atoms with van der Waals surface area (Å²) in [7, 11) is 1.64. The molecule has 1 heterocycles. The van der Waals surface area contributed by atoms with Gasteiger partial charge in [0, 0.05) is 42.8 Å². The van der Waals surface area contributed by atoms with E-state index in [9.17, 15) is 4.79 Å². The molecular weight excluding hydrogens is 398 g/mol. The molecule has 2 amide bonds. The molecule has 0 saturated carbocycles. The van der Waals surface area contributed by atoms with E-state index < -0.39 is 0 Å². The lowest BCUT2D eigenvalue weighted by Crippen LogP contribution is -2.37. The lowest BCUT2D eigenvalue weighted by atomic mass is 10.1. The molecule has 6 heteroatoms. The molecule has 5 nitrogen and oxygen atoms in total. The quantitative estimate of drug-likeness (QED) is 0.496. The zero-order valence-electron chi connectivity index (χ0n) is 17.5. The van der Waals surface area contributed by atoms with Crippen LogP contribution < -0.4 is 5.32 Å². The molecule has 0 unspecified atom stereocenters. The van der Waals surface area contributed by atoms with Crippen LogP contribution in [0.3, 0.4) is 0 Å². The third-order valence-corrected chi connectivity index (χ3v) is 5.38. The molecule has 3 rings (SSSR count). The number of nitrogens with one attached hydrogen (secondary N) is 1. The molecule has 1 N–H and O–H groups in total. The molecule has 2 aromatic carbocycles. The van der Waals surface area contributed by atoms with Crippen LogP contribution in [0.2, 0.25) is 5.02 Å². The van der Waals surface area contributed by atoms with Crippen LogP contribution in [-0.2, 0) is 24.2 Å². The van der Waals surface area contributed by atoms with E-state index in [0.717, 1.165) is 28.4 Å². The van der Waals surface area contributed by atoms with Crippen molar-refractivity contribution in [3.8, 4) is 0 Å². The first-order valence-electron chi connectivity index (χ1n) is 10.1. The molecule has 30 heavy (non-hydrogen) atoms. The predicted octanol–water partition coefficient (Wildman–Crippen LogP) is 5.43. The maximum absolute atomic E-state index is 13.0. The molecular formula is C24H28ClN3O2. The minimum Gasteiger partial charge on any atom is -0.383 e. The molecule has 0 atom stereocenters. The Morgan fingerprint density at radius 2 is 1.97 bits per heavy atom. The Morgan fingerprint density at radius 1 is 1.13 bits per heavy atom. The number of carbonyl (C=O) groups is 1. The number of aromatic nitrogens is 1. The summed E-state index contributed by atoms with van der Waals surface area (Å²) in [6.45, 7) is 4.18. The van der Waals surface area contributed by atoms with E-state index >= 15 is 0 Å². The number of rotatable bonds is 9. The number of amides is 2. The fourth-order valence-corrected chi connectivity index (χ4v) is 3.47. The van der Waals surface area contributed by atoms with Gasteiger partial charge in [-0.05, 0) is 47.9 Å². The van der Waals surface area contributed by atoms with Crippen molar-refractivity contribution in [2.24, 2.45) is 0 Å². The van der Waals surface area contributed by atoms with Crippen LogP contribution in [0, 0.1) is 0 Å². The van der Waals surface area contributed by atoms with Gasteiger partial charge in [0.25, 0.3) is 0 Å². The van der Waals surface area contributed by atoms with Gasteiger partial charge in [-0.15, -0.1) is 0 Å². The van der Waals surface area contributed by atoms with Crippen molar-refractivity contribution in [3.05, 3.63) is 88.7 Å². The van der Waals surface area contributed by atoms with Gasteiger partial charge < -0.3 is 19.5 Å². The summed E-state index contributed by atoms with van der Waals surface area (Å²) in [6, 6.07) is 19.6. The molecule has 0 aliphatic rings. The number of hydrogen-bond acceptors (Lipinski definition) is 2. The van der Waals surface area contributed by atoms with Crippen molar-refractivity contribution in [1.29, 1.82) is 0 Å². The maximum atomic E-state index is 13.0. The van der Waals surface area contributed by atoms with Crippen LogP contribution in [-0.4, -0.2) is 35.8 Å². The summed E-state index contributed by atoms with van der Waals surface area (Å²) >= 11 is 6.33. The number of benzene rings is 2. The van der Waals surface area contributed by atoms with E-state index in [4.69, 9.17) is 16.3 Å². The fraction of sp³-hybridized carbons (Fsp3) is 0.292. The third kappa shape index (κ3) is 5.88. The molecule has 0 saturated heterocycles. The Labute approximate surface area is 183 Å². The topological polar surface area (TPSA) is 46.5 Å². The summed E-state index contributed by atoms with van der Waals surface area (Å²) in [5.41, 5.74) is 4.06. The van der Waals surface area contributed by atoms with E-state index in [2.05, 4.69) is 22.9 Å². The van der Waals surface area contributed by atoms with Crippen molar-refractivity contribution < 1.29 is 9.53 Å². The van der Waals surface area contributed by atoms with E-state index in [1.54, 1.807) is 12.0 Å². The smallest absolute Gasteiger partial charge is 0.322 e. The average molecular weight is 426 g/mol. The maximum Gasteiger partial charge on any atom is 0.322 e. The first-order valence-corrected chi connectivity index (χ1v) is 10.5. The number of nitrogens with zero attached hydrogens (tertiary/aromatic N) is 2. The molecule has 0 aliphatic heterocycles. The highest BCUT2D eigenvalue weighted by molar-refractivity contribution is 6.31. The number of aryl methyl sites for hydroxylation is 1. The van der Waals surface area contributed by atoms with Crippen molar-refractivity contribution in [2.45, 2.75) is 26.4 Å². The number of urea groups is 1. The molecule has 0 spiro atoms. The lowest BCUT2D eigenvalue weighted by Gasteiger charge is -2.24. The molecule has 0 bridgehead atoms. The van der Waals surface area contributed by atoms with Crippen LogP contribution in [0.4, 0.5) is 10.5 Å². The summed E-state index contributed by atoms with van der Waals surface area (Å²) < 4.78 is 7.34. The van der Waals surface area contributed by atoms with Gasteiger partial charge in [-0.2, -0.15) is 0 Å². The minimum absolute atomic E-state index is 0.147. The SMILES string of the molecule is CCc1cccc(NC(=O)N(CCOC)Cc2cccn2Cc2ccccc2Cl)c1. The summed E-state index contributed by atoms with van der Waals surface area (Å²) in [5.74, 6) is 0. The minimum atomic E-state index is -0.147. The monoisotopic (exact) mass is 425 g/mol. The van der Waals surface area contributed by atoms with E-state index in [-0.39, 0.29) is 6.03 Å². The largest absolute Gasteiger partial charge is 0.383 e. The van der Waals surface area contributed by atoms with Gasteiger partial charge in [-0.25, -0.2) is 4.79 Å². The third-order valence-electron chi connectivity index (χ3n) is 5.01. The van der Waals surface area contributed by atoms with E-state index in [1.807, 2.05) is 60.8 Å². The first kappa shape index (κ1) is 21.9. The zero-order chi connectivity index (χ0) is 21.3. The Bertz CT molecular complexity index is 970. The van der Waals surface area contributed by atoms with Crippen LogP contribution >= 0.6 is 11.6 Å². The highest BCUT2D eigenvalue weighted by Gasteiger charge is 2.16. The van der Waals surface area contributed by atoms with Gasteiger partial charge in [0.1, 0.15) is 0 Å². The van der Waals surface area contributed by atoms with Crippen molar-refractivity contribution >= 4 is 23.3 Å². The predicted molar refractivity (Wildman–Crippen MR) is 122 cm³/mol. The second-order valence-corrected chi connectivity index (χ2v) is 7.52. The second-order valence-electron chi connectivity index (χ2n) is 7.12. The second kappa shape index (κ2) is 10.9. The highest BCUT2D eigenvalue weighted by atomic mass is 35.5. The van der Waals surface area contributed by atoms with Crippen molar-refractivity contribution in [2.75, 3.05) is 25.6 Å². The highest BCUT2D eigenvalue weighted by Crippen LogP contribution is 2.19. The Balaban J connectivity index is 1.74. The standard InChI is InChI=1S/C24H28ClN3O2/c1-3-19-8-6-10-21(16-19)26-24(29)28(14-15-30-2)18-22-11-7-13-27(22)17-20-9-4-5-12-23(20)25/h4-13,16H,3,14-15,17-18H2,1-2H3,(H,26,29). The average Bonchev–Trinajstić information content (AvgIpc) is 3.19. The van der Waals surface area contributed by atoms with Gasteiger partial charge in [0.15, 0.2) is 0 Å². The Kier molecular flexibility index (Phi) is 7.94. The number of methoxy groups -OCH3 is 1. The normalized spacial score (nSPS) is 10.8. The number of ether oxygens (including phenoxy) is 1. The Hall–Kier alpha value is -2.76. The van der Waals surface area contributed by atoms with Gasteiger partial charge in [-0.1, -0.05) is 48.9 Å². The van der Waals surface area contributed by atoms with Gasteiger partial charge >= 0.3 is 6.03 Å².